The van der Waals surface area contributed by atoms with Gasteiger partial charge in [-0.3, -0.25) is 11.3 Å². The van der Waals surface area contributed by atoms with Gasteiger partial charge in [0.15, 0.2) is 0 Å². The molecule has 0 bridgehead atoms. The topological polar surface area (TPSA) is 47.3 Å². The van der Waals surface area contributed by atoms with Gasteiger partial charge in [-0.15, -0.1) is 0 Å². The van der Waals surface area contributed by atoms with Gasteiger partial charge in [-0.1, -0.05) is 37.9 Å². The molecule has 2 aromatic rings. The van der Waals surface area contributed by atoms with Gasteiger partial charge in [0.05, 0.1) is 17.6 Å². The second-order valence-corrected chi connectivity index (χ2v) is 7.28. The quantitative estimate of drug-likeness (QED) is 0.482. The fraction of sp³-hybridized carbons (Fsp3) is 0.200. The van der Waals surface area contributed by atoms with Gasteiger partial charge in [0.2, 0.25) is 0 Å². The molecule has 0 fully saturated rings. The zero-order chi connectivity index (χ0) is 15.4. The number of methoxy groups -OCH3 is 1. The summed E-state index contributed by atoms with van der Waals surface area (Å²) in [6.45, 7) is 0. The van der Waals surface area contributed by atoms with Crippen LogP contribution in [0.25, 0.3) is 0 Å². The van der Waals surface area contributed by atoms with E-state index in [-0.39, 0.29) is 6.04 Å². The van der Waals surface area contributed by atoms with Crippen molar-refractivity contribution in [2.24, 2.45) is 5.84 Å². The van der Waals surface area contributed by atoms with Crippen molar-refractivity contribution in [3.8, 4) is 5.75 Å². The molecule has 2 aromatic carbocycles. The molecular weight excluding hydrogens is 464 g/mol. The Kier molecular flexibility index (Phi) is 6.25. The van der Waals surface area contributed by atoms with E-state index in [0.29, 0.717) is 0 Å². The molecule has 3 N–H and O–H groups in total. The second-order valence-electron chi connectivity index (χ2n) is 4.60. The van der Waals surface area contributed by atoms with Crippen LogP contribution in [0.2, 0.25) is 0 Å². The smallest absolute Gasteiger partial charge is 0.133 e. The Balaban J connectivity index is 2.24. The lowest BCUT2D eigenvalue weighted by Crippen LogP contribution is -2.29. The molecular formula is C15H15Br3N2O. The summed E-state index contributed by atoms with van der Waals surface area (Å²) in [5.74, 6) is 6.55. The van der Waals surface area contributed by atoms with E-state index < -0.39 is 0 Å². The van der Waals surface area contributed by atoms with E-state index >= 15 is 0 Å². The number of rotatable bonds is 5. The predicted octanol–water partition coefficient (Wildman–Crippen LogP) is 4.73. The molecule has 0 aliphatic carbocycles. The first-order valence-electron chi connectivity index (χ1n) is 6.28. The molecule has 0 amide bonds. The zero-order valence-corrected chi connectivity index (χ0v) is 16.1. The third kappa shape index (κ3) is 4.53. The minimum absolute atomic E-state index is 0.0269. The Bertz CT molecular complexity index is 614. The van der Waals surface area contributed by atoms with Crippen LogP contribution in [0.5, 0.6) is 5.75 Å². The van der Waals surface area contributed by atoms with Gasteiger partial charge in [0, 0.05) is 8.95 Å². The summed E-state index contributed by atoms with van der Waals surface area (Å²) in [5, 5.41) is 0. The van der Waals surface area contributed by atoms with Crippen LogP contribution in [0.4, 0.5) is 0 Å². The number of hydrogen-bond donors (Lipinski definition) is 2. The normalized spacial score (nSPS) is 12.2. The van der Waals surface area contributed by atoms with Crippen LogP contribution < -0.4 is 16.0 Å². The van der Waals surface area contributed by atoms with E-state index in [9.17, 15) is 0 Å². The van der Waals surface area contributed by atoms with Crippen LogP contribution in [0.3, 0.4) is 0 Å². The van der Waals surface area contributed by atoms with Gasteiger partial charge >= 0.3 is 0 Å². The average molecular weight is 479 g/mol. The molecule has 112 valence electrons. The molecule has 1 atom stereocenters. The first-order valence-corrected chi connectivity index (χ1v) is 8.66. The Labute approximate surface area is 149 Å². The SMILES string of the molecule is COc1ccc(CC(NN)c2cc(Br)cc(Br)c2)cc1Br. The molecule has 0 saturated carbocycles. The van der Waals surface area contributed by atoms with Crippen LogP contribution >= 0.6 is 47.8 Å². The first kappa shape index (κ1) is 17.0. The molecule has 6 heteroatoms. The number of benzene rings is 2. The van der Waals surface area contributed by atoms with E-state index in [4.69, 9.17) is 10.6 Å². The zero-order valence-electron chi connectivity index (χ0n) is 11.4. The Morgan fingerprint density at radius 2 is 1.76 bits per heavy atom. The van der Waals surface area contributed by atoms with Crippen molar-refractivity contribution in [1.82, 2.24) is 5.43 Å². The van der Waals surface area contributed by atoms with Gasteiger partial charge < -0.3 is 4.74 Å². The number of nitrogens with one attached hydrogen (secondary N) is 1. The van der Waals surface area contributed by atoms with Crippen LogP contribution in [-0.2, 0) is 6.42 Å². The lowest BCUT2D eigenvalue weighted by Gasteiger charge is -2.18. The van der Waals surface area contributed by atoms with Crippen molar-refractivity contribution in [3.63, 3.8) is 0 Å². The number of hydrogen-bond acceptors (Lipinski definition) is 3. The lowest BCUT2D eigenvalue weighted by molar-refractivity contribution is 0.412. The average Bonchev–Trinajstić information content (AvgIpc) is 2.43. The molecule has 0 radical (unpaired) electrons. The van der Waals surface area contributed by atoms with E-state index in [2.05, 4.69) is 71.4 Å². The minimum Gasteiger partial charge on any atom is -0.496 e. The predicted molar refractivity (Wildman–Crippen MR) is 96.3 cm³/mol. The molecule has 2 rings (SSSR count). The fourth-order valence-corrected chi connectivity index (χ4v) is 4.04. The molecule has 0 saturated heterocycles. The lowest BCUT2D eigenvalue weighted by atomic mass is 9.99. The van der Waals surface area contributed by atoms with Crippen molar-refractivity contribution in [2.45, 2.75) is 12.5 Å². The largest absolute Gasteiger partial charge is 0.496 e. The summed E-state index contributed by atoms with van der Waals surface area (Å²) in [4.78, 5) is 0. The third-order valence-electron chi connectivity index (χ3n) is 3.14. The Morgan fingerprint density at radius 3 is 2.29 bits per heavy atom. The molecule has 0 aliphatic rings. The van der Waals surface area contributed by atoms with Crippen molar-refractivity contribution in [1.29, 1.82) is 0 Å². The fourth-order valence-electron chi connectivity index (χ4n) is 2.12. The summed E-state index contributed by atoms with van der Waals surface area (Å²) in [6.07, 6.45) is 0.780. The van der Waals surface area contributed by atoms with E-state index in [1.54, 1.807) is 7.11 Å². The van der Waals surface area contributed by atoms with Gasteiger partial charge in [-0.05, 0) is 63.8 Å². The van der Waals surface area contributed by atoms with Gasteiger partial charge in [-0.2, -0.15) is 0 Å². The maximum absolute atomic E-state index is 5.73. The summed E-state index contributed by atoms with van der Waals surface area (Å²) in [6, 6.07) is 12.2. The first-order chi connectivity index (χ1) is 10.0. The van der Waals surface area contributed by atoms with E-state index in [1.807, 2.05) is 18.2 Å². The summed E-state index contributed by atoms with van der Waals surface area (Å²) < 4.78 is 8.22. The van der Waals surface area contributed by atoms with Crippen molar-refractivity contribution >= 4 is 47.8 Å². The molecule has 0 aliphatic heterocycles. The molecule has 1 unspecified atom stereocenters. The molecule has 3 nitrogen and oxygen atoms in total. The monoisotopic (exact) mass is 476 g/mol. The van der Waals surface area contributed by atoms with Crippen molar-refractivity contribution < 1.29 is 4.74 Å². The highest BCUT2D eigenvalue weighted by Gasteiger charge is 2.13. The van der Waals surface area contributed by atoms with Crippen LogP contribution in [0.1, 0.15) is 17.2 Å². The third-order valence-corrected chi connectivity index (χ3v) is 4.68. The molecule has 0 aromatic heterocycles. The molecule has 21 heavy (non-hydrogen) atoms. The highest BCUT2D eigenvalue weighted by molar-refractivity contribution is 9.11. The van der Waals surface area contributed by atoms with Gasteiger partial charge in [0.25, 0.3) is 0 Å². The summed E-state index contributed by atoms with van der Waals surface area (Å²) in [5.41, 5.74) is 5.17. The second kappa shape index (κ2) is 7.74. The van der Waals surface area contributed by atoms with E-state index in [1.165, 1.54) is 5.56 Å². The molecule has 0 spiro atoms. The highest BCUT2D eigenvalue weighted by Crippen LogP contribution is 2.29. The van der Waals surface area contributed by atoms with Gasteiger partial charge in [0.1, 0.15) is 5.75 Å². The highest BCUT2D eigenvalue weighted by atomic mass is 79.9. The number of halogens is 3. The van der Waals surface area contributed by atoms with E-state index in [0.717, 1.165) is 31.2 Å². The van der Waals surface area contributed by atoms with Gasteiger partial charge in [-0.25, -0.2) is 0 Å². The molecule has 0 heterocycles. The number of nitrogens with two attached hydrogens (primary N) is 1. The van der Waals surface area contributed by atoms with Crippen LogP contribution in [0.15, 0.2) is 49.8 Å². The van der Waals surface area contributed by atoms with Crippen molar-refractivity contribution in [3.05, 3.63) is 60.9 Å². The maximum atomic E-state index is 5.73. The maximum Gasteiger partial charge on any atom is 0.133 e. The summed E-state index contributed by atoms with van der Waals surface area (Å²) >= 11 is 10.5. The Hall–Kier alpha value is -0.400. The standard InChI is InChI=1S/C15H15Br3N2O/c1-21-15-3-2-9(4-13(15)18)5-14(20-19)10-6-11(16)8-12(17)7-10/h2-4,6-8,14,20H,5,19H2,1H3. The van der Waals surface area contributed by atoms with Crippen LogP contribution in [0, 0.1) is 0 Å². The van der Waals surface area contributed by atoms with Crippen molar-refractivity contribution in [2.75, 3.05) is 7.11 Å². The summed E-state index contributed by atoms with van der Waals surface area (Å²) in [7, 11) is 1.66. The number of ether oxygens (including phenoxy) is 1. The van der Waals surface area contributed by atoms with Crippen LogP contribution in [-0.4, -0.2) is 7.11 Å². The Morgan fingerprint density at radius 1 is 1.10 bits per heavy atom. The number of hydrazine groups is 1. The minimum atomic E-state index is 0.0269.